The molecule has 4 rings (SSSR count). The molecule has 0 radical (unpaired) electrons. The molecular weight excluding hydrogens is 507 g/mol. The Labute approximate surface area is 198 Å². The molecule has 2 heterocycles. The van der Waals surface area contributed by atoms with Crippen LogP contribution in [0.3, 0.4) is 0 Å². The molecule has 10 nitrogen and oxygen atoms in total. The fourth-order valence-electron chi connectivity index (χ4n) is 2.30. The molecule has 0 aliphatic heterocycles. The maximum atomic E-state index is 10.7. The second-order valence-electron chi connectivity index (χ2n) is 5.62. The molecule has 0 atom stereocenters. The van der Waals surface area contributed by atoms with E-state index in [1.165, 1.54) is 36.4 Å². The van der Waals surface area contributed by atoms with Gasteiger partial charge in [0.2, 0.25) is 10.0 Å². The lowest BCUT2D eigenvalue weighted by atomic mass is 10.2. The Hall–Kier alpha value is -3.32. The number of carbonyl (C=O) groups is 4. The molecule has 0 saturated carbocycles. The molecule has 2 aromatic carbocycles. The van der Waals surface area contributed by atoms with Crippen molar-refractivity contribution < 1.29 is 39.6 Å². The van der Waals surface area contributed by atoms with E-state index >= 15 is 0 Å². The summed E-state index contributed by atoms with van der Waals surface area (Å²) in [5.41, 5.74) is 1.26. The zero-order chi connectivity index (χ0) is 22.0. The van der Waals surface area contributed by atoms with Gasteiger partial charge in [-0.15, -0.1) is 47.5 Å². The molecule has 4 aromatic rings. The minimum atomic E-state index is -1.10. The van der Waals surface area contributed by atoms with Crippen molar-refractivity contribution in [3.63, 3.8) is 0 Å². The molecule has 0 amide bonds. The molecular formula is C18H12Cl2N2O8S2. The van der Waals surface area contributed by atoms with Gasteiger partial charge in [-0.1, -0.05) is 0 Å². The van der Waals surface area contributed by atoms with Crippen molar-refractivity contribution in [3.8, 4) is 0 Å². The zero-order valence-electron chi connectivity index (χ0n) is 15.4. The molecule has 0 bridgehead atoms. The van der Waals surface area contributed by atoms with Crippen molar-refractivity contribution in [3.05, 3.63) is 57.5 Å². The Morgan fingerprint density at radius 3 is 1.22 bits per heavy atom. The molecule has 0 spiro atoms. The van der Waals surface area contributed by atoms with Crippen LogP contribution in [0.2, 0.25) is 0 Å². The molecule has 4 N–H and O–H groups in total. The maximum Gasteiger partial charge on any atom is 0.365 e. The van der Waals surface area contributed by atoms with Gasteiger partial charge in [0.15, 0.2) is 0 Å². The summed E-state index contributed by atoms with van der Waals surface area (Å²) >= 11 is 1.93. The van der Waals surface area contributed by atoms with E-state index < -0.39 is 23.9 Å². The van der Waals surface area contributed by atoms with Gasteiger partial charge in [0, 0.05) is 0 Å². The normalized spacial score (nSPS) is 9.75. The number of aromatic nitrogens is 2. The highest BCUT2D eigenvalue weighted by atomic mass is 35.5. The lowest BCUT2D eigenvalue weighted by molar-refractivity contribution is 0.0686. The van der Waals surface area contributed by atoms with Crippen LogP contribution in [0.5, 0.6) is 0 Å². The van der Waals surface area contributed by atoms with Crippen LogP contribution in [0.4, 0.5) is 0 Å². The SMILES string of the molecule is Cl.Cl.O=C(O)c1ccc2nc(C(=O)O)sc2c1.O=C(O)c1ccc2nc(C(=O)O)sc2c1. The van der Waals surface area contributed by atoms with Crippen molar-refractivity contribution in [1.82, 2.24) is 9.97 Å². The van der Waals surface area contributed by atoms with E-state index in [0.29, 0.717) is 20.4 Å². The summed E-state index contributed by atoms with van der Waals surface area (Å²) in [7, 11) is 0. The standard InChI is InChI=1S/2C9H5NO4S.2ClH/c2*11-8(12)4-1-2-5-6(3-4)15-7(10-5)9(13)14;;/h2*1-3H,(H,11,12)(H,13,14);2*1H. The Balaban J connectivity index is 0.000000301. The number of nitrogens with zero attached hydrogens (tertiary/aromatic N) is 2. The molecule has 32 heavy (non-hydrogen) atoms. The first kappa shape index (κ1) is 26.7. The van der Waals surface area contributed by atoms with Gasteiger partial charge in [0.1, 0.15) is 0 Å². The van der Waals surface area contributed by atoms with Gasteiger partial charge in [0.05, 0.1) is 31.6 Å². The van der Waals surface area contributed by atoms with E-state index in [2.05, 4.69) is 9.97 Å². The van der Waals surface area contributed by atoms with Crippen LogP contribution in [-0.4, -0.2) is 54.3 Å². The van der Waals surface area contributed by atoms with Gasteiger partial charge in [-0.05, 0) is 36.4 Å². The van der Waals surface area contributed by atoms with E-state index in [1.807, 2.05) is 0 Å². The summed E-state index contributed by atoms with van der Waals surface area (Å²) < 4.78 is 1.12. The van der Waals surface area contributed by atoms with Crippen LogP contribution >= 0.6 is 47.5 Å². The molecule has 14 heteroatoms. The third-order valence-corrected chi connectivity index (χ3v) is 5.65. The summed E-state index contributed by atoms with van der Waals surface area (Å²) in [6, 6.07) is 8.64. The average molecular weight is 519 g/mol. The predicted molar refractivity (Wildman–Crippen MR) is 122 cm³/mol. The third kappa shape index (κ3) is 5.88. The Bertz CT molecular complexity index is 1210. The smallest absolute Gasteiger partial charge is 0.365 e. The van der Waals surface area contributed by atoms with E-state index in [4.69, 9.17) is 20.4 Å². The van der Waals surface area contributed by atoms with Gasteiger partial charge >= 0.3 is 23.9 Å². The summed E-state index contributed by atoms with van der Waals surface area (Å²) in [6.07, 6.45) is 0. The monoisotopic (exact) mass is 518 g/mol. The number of halogens is 2. The van der Waals surface area contributed by atoms with Crippen LogP contribution in [-0.2, 0) is 0 Å². The summed E-state index contributed by atoms with van der Waals surface area (Å²) in [5.74, 6) is -4.29. The van der Waals surface area contributed by atoms with Crippen molar-refractivity contribution in [1.29, 1.82) is 0 Å². The Morgan fingerprint density at radius 1 is 0.594 bits per heavy atom. The van der Waals surface area contributed by atoms with E-state index in [9.17, 15) is 19.2 Å². The number of benzene rings is 2. The van der Waals surface area contributed by atoms with Gasteiger partial charge in [0.25, 0.3) is 0 Å². The van der Waals surface area contributed by atoms with Crippen LogP contribution in [0, 0.1) is 0 Å². The number of rotatable bonds is 4. The van der Waals surface area contributed by atoms with Crippen molar-refractivity contribution >= 4 is 91.8 Å². The zero-order valence-corrected chi connectivity index (χ0v) is 18.7. The van der Waals surface area contributed by atoms with Gasteiger partial charge < -0.3 is 20.4 Å². The fraction of sp³-hybridized carbons (Fsp3) is 0. The molecule has 0 aliphatic carbocycles. The number of carboxylic acids is 4. The number of thiazole rings is 2. The largest absolute Gasteiger partial charge is 0.478 e. The van der Waals surface area contributed by atoms with Gasteiger partial charge in [-0.2, -0.15) is 0 Å². The Morgan fingerprint density at radius 2 is 0.938 bits per heavy atom. The number of hydrogen-bond donors (Lipinski definition) is 4. The number of carboxylic acid groups (broad SMARTS) is 4. The van der Waals surface area contributed by atoms with E-state index in [0.717, 1.165) is 22.7 Å². The first-order chi connectivity index (χ1) is 14.2. The highest BCUT2D eigenvalue weighted by molar-refractivity contribution is 7.20. The summed E-state index contributed by atoms with van der Waals surface area (Å²) in [5, 5.41) is 34.8. The van der Waals surface area contributed by atoms with Crippen LogP contribution < -0.4 is 0 Å². The van der Waals surface area contributed by atoms with Crippen LogP contribution in [0.25, 0.3) is 20.4 Å². The van der Waals surface area contributed by atoms with E-state index in [1.54, 1.807) is 0 Å². The molecule has 0 saturated heterocycles. The van der Waals surface area contributed by atoms with Crippen molar-refractivity contribution in [2.75, 3.05) is 0 Å². The van der Waals surface area contributed by atoms with Gasteiger partial charge in [-0.25, -0.2) is 29.1 Å². The van der Waals surface area contributed by atoms with E-state index in [-0.39, 0.29) is 46.0 Å². The lowest BCUT2D eigenvalue weighted by Gasteiger charge is -1.91. The highest BCUT2D eigenvalue weighted by Crippen LogP contribution is 2.24. The second-order valence-corrected chi connectivity index (χ2v) is 7.68. The number of hydrogen-bond acceptors (Lipinski definition) is 8. The summed E-state index contributed by atoms with van der Waals surface area (Å²) in [6.45, 7) is 0. The fourth-order valence-corrected chi connectivity index (χ4v) is 3.99. The molecule has 0 fully saturated rings. The lowest BCUT2D eigenvalue weighted by Crippen LogP contribution is -1.94. The average Bonchev–Trinajstić information content (AvgIpc) is 3.31. The first-order valence-electron chi connectivity index (χ1n) is 7.90. The van der Waals surface area contributed by atoms with Crippen molar-refractivity contribution in [2.24, 2.45) is 0 Å². The first-order valence-corrected chi connectivity index (χ1v) is 9.53. The number of fused-ring (bicyclic) bond motifs is 2. The predicted octanol–water partition coefficient (Wildman–Crippen LogP) is 4.23. The summed E-state index contributed by atoms with van der Waals surface area (Å²) in [4.78, 5) is 50.2. The van der Waals surface area contributed by atoms with Gasteiger partial charge in [-0.3, -0.25) is 0 Å². The molecule has 0 aliphatic rings. The minimum absolute atomic E-state index is 0. The van der Waals surface area contributed by atoms with Crippen LogP contribution in [0.1, 0.15) is 40.3 Å². The third-order valence-electron chi connectivity index (χ3n) is 3.64. The number of aromatic carboxylic acids is 4. The highest BCUT2D eigenvalue weighted by Gasteiger charge is 2.13. The Kier molecular flexibility index (Phi) is 9.03. The quantitative estimate of drug-likeness (QED) is 0.305. The van der Waals surface area contributed by atoms with Crippen LogP contribution in [0.15, 0.2) is 36.4 Å². The second kappa shape index (κ2) is 10.8. The maximum absolute atomic E-state index is 10.7. The molecule has 2 aromatic heterocycles. The molecule has 0 unspecified atom stereocenters. The minimum Gasteiger partial charge on any atom is -0.478 e. The topological polar surface area (TPSA) is 175 Å². The molecule has 168 valence electrons. The van der Waals surface area contributed by atoms with Crippen molar-refractivity contribution in [2.45, 2.75) is 0 Å².